The van der Waals surface area contributed by atoms with Gasteiger partial charge in [0.15, 0.2) is 0 Å². The number of aliphatic carboxylic acids is 1. The highest BCUT2D eigenvalue weighted by molar-refractivity contribution is 7.18. The third-order valence-corrected chi connectivity index (χ3v) is 6.38. The molecule has 5 nitrogen and oxygen atoms in total. The average molecular weight is 362 g/mol. The van der Waals surface area contributed by atoms with Crippen LogP contribution in [0.15, 0.2) is 4.79 Å². The highest BCUT2D eigenvalue weighted by atomic mass is 32.1. The Morgan fingerprint density at radius 3 is 2.64 bits per heavy atom. The SMILES string of the molecule is CC(C)c1nc2sc3c(c2c(=O)n1CC(=O)O)CCC(C(C)(C)C)C3. The molecule has 0 radical (unpaired) electrons. The average Bonchev–Trinajstić information content (AvgIpc) is 2.86. The first-order chi connectivity index (χ1) is 11.6. The lowest BCUT2D eigenvalue weighted by atomic mass is 9.72. The van der Waals surface area contributed by atoms with Gasteiger partial charge in [0.2, 0.25) is 0 Å². The number of carboxylic acid groups (broad SMARTS) is 1. The van der Waals surface area contributed by atoms with E-state index < -0.39 is 5.97 Å². The van der Waals surface area contributed by atoms with Gasteiger partial charge in [-0.3, -0.25) is 14.2 Å². The van der Waals surface area contributed by atoms with Crippen LogP contribution in [0.3, 0.4) is 0 Å². The molecule has 6 heteroatoms. The van der Waals surface area contributed by atoms with Gasteiger partial charge in [-0.05, 0) is 36.2 Å². The van der Waals surface area contributed by atoms with Crippen LogP contribution in [0.4, 0.5) is 0 Å². The lowest BCUT2D eigenvalue weighted by molar-refractivity contribution is -0.137. The molecule has 1 atom stereocenters. The number of carbonyl (C=O) groups is 1. The van der Waals surface area contributed by atoms with Crippen LogP contribution in [0.5, 0.6) is 0 Å². The molecule has 1 aliphatic carbocycles. The summed E-state index contributed by atoms with van der Waals surface area (Å²) in [7, 11) is 0. The number of hydrogen-bond acceptors (Lipinski definition) is 4. The molecule has 0 spiro atoms. The minimum atomic E-state index is -1.01. The van der Waals surface area contributed by atoms with E-state index in [1.54, 1.807) is 11.3 Å². The van der Waals surface area contributed by atoms with Crippen molar-refractivity contribution < 1.29 is 9.90 Å². The van der Waals surface area contributed by atoms with Crippen LogP contribution in [-0.4, -0.2) is 20.6 Å². The Labute approximate surface area is 151 Å². The van der Waals surface area contributed by atoms with Crippen LogP contribution < -0.4 is 5.56 Å². The lowest BCUT2D eigenvalue weighted by Gasteiger charge is -2.33. The molecule has 25 heavy (non-hydrogen) atoms. The summed E-state index contributed by atoms with van der Waals surface area (Å²) in [6, 6.07) is 0. The third-order valence-electron chi connectivity index (χ3n) is 5.23. The van der Waals surface area contributed by atoms with Gasteiger partial charge in [0.25, 0.3) is 5.56 Å². The van der Waals surface area contributed by atoms with Crippen molar-refractivity contribution >= 4 is 27.5 Å². The molecule has 136 valence electrons. The summed E-state index contributed by atoms with van der Waals surface area (Å²) in [6.07, 6.45) is 2.92. The number of carboxylic acids is 1. The molecular formula is C19H26N2O3S. The second kappa shape index (κ2) is 6.24. The molecule has 0 saturated heterocycles. The van der Waals surface area contributed by atoms with E-state index in [1.807, 2.05) is 13.8 Å². The molecule has 2 heterocycles. The van der Waals surface area contributed by atoms with Crippen LogP contribution in [0.25, 0.3) is 10.2 Å². The van der Waals surface area contributed by atoms with Crippen molar-refractivity contribution in [3.63, 3.8) is 0 Å². The first kappa shape index (κ1) is 18.1. The summed E-state index contributed by atoms with van der Waals surface area (Å²) in [5.41, 5.74) is 1.16. The normalized spacial score (nSPS) is 17.9. The van der Waals surface area contributed by atoms with Gasteiger partial charge in [-0.25, -0.2) is 4.98 Å². The Kier molecular flexibility index (Phi) is 4.52. The molecule has 1 aliphatic rings. The molecular weight excluding hydrogens is 336 g/mol. The Hall–Kier alpha value is -1.69. The molecule has 0 fully saturated rings. The first-order valence-electron chi connectivity index (χ1n) is 8.86. The summed E-state index contributed by atoms with van der Waals surface area (Å²) in [6.45, 7) is 10.4. The van der Waals surface area contributed by atoms with Gasteiger partial charge >= 0.3 is 5.97 Å². The van der Waals surface area contributed by atoms with Gasteiger partial charge in [0.1, 0.15) is 17.2 Å². The van der Waals surface area contributed by atoms with Crippen LogP contribution in [0, 0.1) is 11.3 Å². The molecule has 1 N–H and O–H groups in total. The van der Waals surface area contributed by atoms with E-state index in [9.17, 15) is 14.7 Å². The van der Waals surface area contributed by atoms with Crippen LogP contribution in [0.2, 0.25) is 0 Å². The number of hydrogen-bond donors (Lipinski definition) is 1. The summed E-state index contributed by atoms with van der Waals surface area (Å²) in [5, 5.41) is 9.85. The van der Waals surface area contributed by atoms with Gasteiger partial charge < -0.3 is 5.11 Å². The zero-order valence-electron chi connectivity index (χ0n) is 15.5. The Balaban J connectivity index is 2.19. The van der Waals surface area contributed by atoms with Gasteiger partial charge in [-0.15, -0.1) is 11.3 Å². The van der Waals surface area contributed by atoms with Crippen molar-refractivity contribution in [2.24, 2.45) is 11.3 Å². The Morgan fingerprint density at radius 2 is 2.08 bits per heavy atom. The molecule has 1 unspecified atom stereocenters. The van der Waals surface area contributed by atoms with Crippen molar-refractivity contribution in [2.75, 3.05) is 0 Å². The molecule has 2 aromatic rings. The fourth-order valence-electron chi connectivity index (χ4n) is 3.74. The fourth-order valence-corrected chi connectivity index (χ4v) is 5.04. The summed E-state index contributed by atoms with van der Waals surface area (Å²) in [4.78, 5) is 31.0. The number of rotatable bonds is 3. The van der Waals surface area contributed by atoms with E-state index >= 15 is 0 Å². The van der Waals surface area contributed by atoms with E-state index in [-0.39, 0.29) is 23.4 Å². The van der Waals surface area contributed by atoms with E-state index in [0.29, 0.717) is 17.1 Å². The van der Waals surface area contributed by atoms with Crippen molar-refractivity contribution in [3.8, 4) is 0 Å². The number of aromatic nitrogens is 2. The monoisotopic (exact) mass is 362 g/mol. The highest BCUT2D eigenvalue weighted by Crippen LogP contribution is 2.42. The van der Waals surface area contributed by atoms with Gasteiger partial charge in [-0.2, -0.15) is 0 Å². The molecule has 0 aromatic carbocycles. The largest absolute Gasteiger partial charge is 0.480 e. The maximum atomic E-state index is 13.1. The number of thiophene rings is 1. The molecule has 0 saturated carbocycles. The number of fused-ring (bicyclic) bond motifs is 3. The first-order valence-corrected chi connectivity index (χ1v) is 9.68. The van der Waals surface area contributed by atoms with Crippen molar-refractivity contribution in [1.29, 1.82) is 0 Å². The zero-order valence-corrected chi connectivity index (χ0v) is 16.4. The minimum Gasteiger partial charge on any atom is -0.480 e. The Bertz CT molecular complexity index is 887. The quantitative estimate of drug-likeness (QED) is 0.901. The number of nitrogens with zero attached hydrogens (tertiary/aromatic N) is 2. The Morgan fingerprint density at radius 1 is 1.40 bits per heavy atom. The van der Waals surface area contributed by atoms with Crippen LogP contribution >= 0.6 is 11.3 Å². The van der Waals surface area contributed by atoms with E-state index in [0.717, 1.165) is 29.7 Å². The highest BCUT2D eigenvalue weighted by Gasteiger charge is 2.32. The molecule has 2 aromatic heterocycles. The fraction of sp³-hybridized carbons (Fsp3) is 0.632. The minimum absolute atomic E-state index is 0.00194. The second-order valence-electron chi connectivity index (χ2n) is 8.40. The molecule has 0 aliphatic heterocycles. The summed E-state index contributed by atoms with van der Waals surface area (Å²) in [5.74, 6) is 0.143. The predicted octanol–water partition coefficient (Wildman–Crippen LogP) is 3.82. The third kappa shape index (κ3) is 3.24. The van der Waals surface area contributed by atoms with Gasteiger partial charge in [0, 0.05) is 10.8 Å². The molecule has 0 bridgehead atoms. The lowest BCUT2D eigenvalue weighted by Crippen LogP contribution is -2.30. The van der Waals surface area contributed by atoms with Crippen LogP contribution in [0.1, 0.15) is 63.2 Å². The van der Waals surface area contributed by atoms with Gasteiger partial charge in [0.05, 0.1) is 5.39 Å². The summed E-state index contributed by atoms with van der Waals surface area (Å²) < 4.78 is 1.35. The molecule has 0 amide bonds. The topological polar surface area (TPSA) is 72.2 Å². The summed E-state index contributed by atoms with van der Waals surface area (Å²) >= 11 is 1.62. The van der Waals surface area contributed by atoms with Gasteiger partial charge in [-0.1, -0.05) is 34.6 Å². The zero-order chi connectivity index (χ0) is 18.5. The van der Waals surface area contributed by atoms with Crippen molar-refractivity contribution in [1.82, 2.24) is 9.55 Å². The maximum absolute atomic E-state index is 13.1. The maximum Gasteiger partial charge on any atom is 0.323 e. The van der Waals surface area contributed by atoms with Crippen molar-refractivity contribution in [2.45, 2.75) is 66.3 Å². The second-order valence-corrected chi connectivity index (χ2v) is 9.48. The molecule has 3 rings (SSSR count). The predicted molar refractivity (Wildman–Crippen MR) is 101 cm³/mol. The standard InChI is InChI=1S/C19H26N2O3S/c1-10(2)16-20-17-15(18(24)21(16)9-14(22)23)12-7-6-11(19(3,4)5)8-13(12)25-17/h10-11H,6-9H2,1-5H3,(H,22,23). The van der Waals surface area contributed by atoms with E-state index in [2.05, 4.69) is 20.8 Å². The smallest absolute Gasteiger partial charge is 0.323 e. The van der Waals surface area contributed by atoms with Crippen molar-refractivity contribution in [3.05, 3.63) is 26.6 Å². The van der Waals surface area contributed by atoms with E-state index in [1.165, 1.54) is 9.44 Å². The van der Waals surface area contributed by atoms with Crippen LogP contribution in [-0.2, 0) is 24.2 Å². The number of aryl methyl sites for hydroxylation is 1. The van der Waals surface area contributed by atoms with E-state index in [4.69, 9.17) is 4.98 Å².